The van der Waals surface area contributed by atoms with Gasteiger partial charge in [-0.25, -0.2) is 9.97 Å². The quantitative estimate of drug-likeness (QED) is 0.721. The van der Waals surface area contributed by atoms with Crippen LogP contribution >= 0.6 is 11.3 Å². The number of thiophene rings is 1. The summed E-state index contributed by atoms with van der Waals surface area (Å²) in [6, 6.07) is 7.69. The summed E-state index contributed by atoms with van der Waals surface area (Å²) in [7, 11) is 0. The maximum atomic E-state index is 12.4. The molecule has 4 rings (SSSR count). The molecule has 0 N–H and O–H groups in total. The van der Waals surface area contributed by atoms with Crippen molar-refractivity contribution in [1.82, 2.24) is 19.9 Å². The van der Waals surface area contributed by atoms with Crippen LogP contribution in [0.3, 0.4) is 0 Å². The van der Waals surface area contributed by atoms with Gasteiger partial charge in [-0.15, -0.1) is 11.3 Å². The first kappa shape index (κ1) is 14.1. The van der Waals surface area contributed by atoms with Crippen LogP contribution in [0.1, 0.15) is 9.67 Å². The van der Waals surface area contributed by atoms with Gasteiger partial charge < -0.3 is 9.80 Å². The molecule has 0 spiro atoms. The van der Waals surface area contributed by atoms with Crippen LogP contribution in [0.15, 0.2) is 42.0 Å². The maximum Gasteiger partial charge on any atom is 0.264 e. The van der Waals surface area contributed by atoms with E-state index in [4.69, 9.17) is 0 Å². The summed E-state index contributed by atoms with van der Waals surface area (Å²) in [5.41, 5.74) is 1.45. The number of rotatable bonds is 2. The Labute approximate surface area is 137 Å². The number of nitrogens with zero attached hydrogens (tertiary/aromatic N) is 5. The summed E-state index contributed by atoms with van der Waals surface area (Å²) in [6.45, 7) is 2.96. The minimum absolute atomic E-state index is 0.122. The van der Waals surface area contributed by atoms with Gasteiger partial charge in [0, 0.05) is 38.6 Å². The van der Waals surface area contributed by atoms with Crippen molar-refractivity contribution in [3.8, 4) is 0 Å². The Kier molecular flexibility index (Phi) is 3.63. The topological polar surface area (TPSA) is 62.2 Å². The number of fused-ring (bicyclic) bond motifs is 1. The summed E-state index contributed by atoms with van der Waals surface area (Å²) in [5, 5.41) is 1.93. The lowest BCUT2D eigenvalue weighted by Crippen LogP contribution is -2.48. The molecule has 7 heteroatoms. The summed E-state index contributed by atoms with van der Waals surface area (Å²) in [5.74, 6) is 1.01. The summed E-state index contributed by atoms with van der Waals surface area (Å²) in [6.07, 6.45) is 3.31. The Morgan fingerprint density at radius 1 is 1.04 bits per heavy atom. The monoisotopic (exact) mass is 325 g/mol. The van der Waals surface area contributed by atoms with E-state index in [1.165, 1.54) is 11.3 Å². The van der Waals surface area contributed by atoms with E-state index in [0.717, 1.165) is 29.3 Å². The molecule has 6 nitrogen and oxygen atoms in total. The van der Waals surface area contributed by atoms with Gasteiger partial charge in [-0.1, -0.05) is 6.07 Å². The molecule has 0 atom stereocenters. The van der Waals surface area contributed by atoms with Gasteiger partial charge in [0.2, 0.25) is 0 Å². The lowest BCUT2D eigenvalue weighted by molar-refractivity contribution is 0.0751. The first-order valence-corrected chi connectivity index (χ1v) is 8.35. The summed E-state index contributed by atoms with van der Waals surface area (Å²) in [4.78, 5) is 30.3. The van der Waals surface area contributed by atoms with Gasteiger partial charge in [0.05, 0.1) is 4.88 Å². The van der Waals surface area contributed by atoms with Crippen LogP contribution < -0.4 is 4.90 Å². The van der Waals surface area contributed by atoms with Crippen molar-refractivity contribution >= 4 is 34.2 Å². The molecule has 0 aliphatic carbocycles. The molecule has 0 saturated carbocycles. The Balaban J connectivity index is 1.47. The highest BCUT2D eigenvalue weighted by atomic mass is 32.1. The van der Waals surface area contributed by atoms with E-state index in [0.29, 0.717) is 18.7 Å². The maximum absolute atomic E-state index is 12.4. The molecule has 0 bridgehead atoms. The predicted molar refractivity (Wildman–Crippen MR) is 89.8 cm³/mol. The Morgan fingerprint density at radius 2 is 1.87 bits per heavy atom. The van der Waals surface area contributed by atoms with E-state index in [-0.39, 0.29) is 5.91 Å². The first-order chi connectivity index (χ1) is 11.3. The minimum atomic E-state index is 0.122. The number of hydrogen-bond donors (Lipinski definition) is 0. The first-order valence-electron chi connectivity index (χ1n) is 7.47. The molecular formula is C16H15N5OS. The van der Waals surface area contributed by atoms with Gasteiger partial charge in [0.1, 0.15) is 11.3 Å². The van der Waals surface area contributed by atoms with Crippen molar-refractivity contribution in [3.05, 3.63) is 46.9 Å². The highest BCUT2D eigenvalue weighted by Gasteiger charge is 2.23. The zero-order valence-electron chi connectivity index (χ0n) is 12.4. The smallest absolute Gasteiger partial charge is 0.264 e. The van der Waals surface area contributed by atoms with Crippen molar-refractivity contribution in [2.75, 3.05) is 31.1 Å². The van der Waals surface area contributed by atoms with E-state index in [1.54, 1.807) is 12.4 Å². The van der Waals surface area contributed by atoms with Crippen molar-refractivity contribution < 1.29 is 4.79 Å². The van der Waals surface area contributed by atoms with Crippen LogP contribution in [0, 0.1) is 0 Å². The van der Waals surface area contributed by atoms with Gasteiger partial charge in [0.25, 0.3) is 5.91 Å². The van der Waals surface area contributed by atoms with Crippen molar-refractivity contribution in [1.29, 1.82) is 0 Å². The summed E-state index contributed by atoms with van der Waals surface area (Å²) < 4.78 is 0. The lowest BCUT2D eigenvalue weighted by Gasteiger charge is -2.35. The van der Waals surface area contributed by atoms with E-state index in [1.807, 2.05) is 34.5 Å². The van der Waals surface area contributed by atoms with Gasteiger partial charge in [-0.2, -0.15) is 0 Å². The van der Waals surface area contributed by atoms with Crippen molar-refractivity contribution in [2.45, 2.75) is 0 Å². The predicted octanol–water partition coefficient (Wildman–Crippen LogP) is 2.05. The third kappa shape index (κ3) is 2.75. The number of anilines is 1. The van der Waals surface area contributed by atoms with E-state index in [2.05, 4.69) is 19.9 Å². The van der Waals surface area contributed by atoms with Crippen LogP contribution in [-0.2, 0) is 0 Å². The largest absolute Gasteiger partial charge is 0.353 e. The fourth-order valence-electron chi connectivity index (χ4n) is 2.72. The Bertz CT molecular complexity index is 827. The molecule has 3 aromatic heterocycles. The number of aromatic nitrogens is 3. The fourth-order valence-corrected chi connectivity index (χ4v) is 3.41. The molecule has 1 amide bonds. The standard InChI is InChI=1S/C16H15N5OS/c22-16(13-2-1-11-23-13)21-9-7-20(8-10-21)14-4-3-12-15(19-14)18-6-5-17-12/h1-6,11H,7-10H2. The second kappa shape index (κ2) is 5.92. The third-order valence-electron chi connectivity index (χ3n) is 3.94. The number of carbonyl (C=O) groups excluding carboxylic acids is 1. The lowest BCUT2D eigenvalue weighted by atomic mass is 10.2. The van der Waals surface area contributed by atoms with Crippen LogP contribution in [0.25, 0.3) is 11.2 Å². The number of carbonyl (C=O) groups is 1. The second-order valence-electron chi connectivity index (χ2n) is 5.33. The van der Waals surface area contributed by atoms with Crippen molar-refractivity contribution in [2.24, 2.45) is 0 Å². The van der Waals surface area contributed by atoms with Crippen LogP contribution in [0.5, 0.6) is 0 Å². The molecule has 0 aromatic carbocycles. The molecule has 1 aliphatic heterocycles. The molecule has 3 aromatic rings. The number of pyridine rings is 1. The minimum Gasteiger partial charge on any atom is -0.353 e. The Hall–Kier alpha value is -2.54. The van der Waals surface area contributed by atoms with Gasteiger partial charge in [-0.05, 0) is 23.6 Å². The summed E-state index contributed by atoms with van der Waals surface area (Å²) >= 11 is 1.49. The van der Waals surface area contributed by atoms with Gasteiger partial charge in [-0.3, -0.25) is 9.78 Å². The molecule has 0 unspecified atom stereocenters. The van der Waals surface area contributed by atoms with Gasteiger partial charge >= 0.3 is 0 Å². The molecule has 1 aliphatic rings. The molecule has 0 radical (unpaired) electrons. The third-order valence-corrected chi connectivity index (χ3v) is 4.80. The number of hydrogen-bond acceptors (Lipinski definition) is 6. The van der Waals surface area contributed by atoms with Crippen LogP contribution in [0.2, 0.25) is 0 Å². The zero-order chi connectivity index (χ0) is 15.6. The molecular weight excluding hydrogens is 310 g/mol. The fraction of sp³-hybridized carbons (Fsp3) is 0.250. The SMILES string of the molecule is O=C(c1cccs1)N1CCN(c2ccc3nccnc3n2)CC1. The van der Waals surface area contributed by atoms with E-state index >= 15 is 0 Å². The molecule has 1 saturated heterocycles. The molecule has 1 fully saturated rings. The molecule has 23 heavy (non-hydrogen) atoms. The van der Waals surface area contributed by atoms with Gasteiger partial charge in [0.15, 0.2) is 5.65 Å². The van der Waals surface area contributed by atoms with Crippen LogP contribution in [-0.4, -0.2) is 51.9 Å². The molecule has 4 heterocycles. The average Bonchev–Trinajstić information content (AvgIpc) is 3.15. The average molecular weight is 325 g/mol. The van der Waals surface area contributed by atoms with E-state index < -0.39 is 0 Å². The van der Waals surface area contributed by atoms with E-state index in [9.17, 15) is 4.79 Å². The molecule has 116 valence electrons. The highest BCUT2D eigenvalue weighted by molar-refractivity contribution is 7.12. The second-order valence-corrected chi connectivity index (χ2v) is 6.27. The number of piperazine rings is 1. The highest BCUT2D eigenvalue weighted by Crippen LogP contribution is 2.18. The van der Waals surface area contributed by atoms with Crippen LogP contribution in [0.4, 0.5) is 5.82 Å². The number of amides is 1. The zero-order valence-corrected chi connectivity index (χ0v) is 13.2. The normalized spacial score (nSPS) is 15.1. The van der Waals surface area contributed by atoms with Crippen molar-refractivity contribution in [3.63, 3.8) is 0 Å². The Morgan fingerprint density at radius 3 is 2.65 bits per heavy atom.